The molecule has 3 N–H and O–H groups in total. The lowest BCUT2D eigenvalue weighted by atomic mass is 10.0. The molecule has 0 spiro atoms. The van der Waals surface area contributed by atoms with Crippen molar-refractivity contribution < 1.29 is 9.47 Å². The van der Waals surface area contributed by atoms with Crippen LogP contribution in [-0.2, 0) is 0 Å². The fourth-order valence-corrected chi connectivity index (χ4v) is 3.64. The zero-order valence-corrected chi connectivity index (χ0v) is 13.0. The maximum absolute atomic E-state index is 5.74. The molecule has 0 radical (unpaired) electrons. The molecule has 0 saturated heterocycles. The zero-order chi connectivity index (χ0) is 13.8. The molecule has 1 aromatic carbocycles. The highest BCUT2D eigenvalue weighted by Crippen LogP contribution is 2.41. The van der Waals surface area contributed by atoms with Gasteiger partial charge in [0.25, 0.3) is 0 Å². The second kappa shape index (κ2) is 6.38. The number of hydrazine groups is 1. The SMILES string of the molecule is COc1cccc(OC)c1C(NN)c1sccc1Br. The predicted molar refractivity (Wildman–Crippen MR) is 80.7 cm³/mol. The monoisotopic (exact) mass is 342 g/mol. The molecule has 6 heteroatoms. The third kappa shape index (κ3) is 2.76. The summed E-state index contributed by atoms with van der Waals surface area (Å²) in [5.74, 6) is 7.21. The van der Waals surface area contributed by atoms with Crippen molar-refractivity contribution in [2.45, 2.75) is 6.04 Å². The van der Waals surface area contributed by atoms with E-state index in [1.807, 2.05) is 29.6 Å². The molecule has 0 saturated carbocycles. The molecule has 0 aliphatic carbocycles. The van der Waals surface area contributed by atoms with Gasteiger partial charge in [-0.15, -0.1) is 11.3 Å². The predicted octanol–water partition coefficient (Wildman–Crippen LogP) is 3.08. The van der Waals surface area contributed by atoms with Crippen molar-refractivity contribution in [2.75, 3.05) is 14.2 Å². The van der Waals surface area contributed by atoms with Crippen LogP contribution < -0.4 is 20.7 Å². The van der Waals surface area contributed by atoms with Crippen molar-refractivity contribution in [1.82, 2.24) is 5.43 Å². The third-order valence-corrected chi connectivity index (χ3v) is 4.76. The van der Waals surface area contributed by atoms with Gasteiger partial charge in [0, 0.05) is 9.35 Å². The van der Waals surface area contributed by atoms with Crippen molar-refractivity contribution in [1.29, 1.82) is 0 Å². The second-order valence-electron chi connectivity index (χ2n) is 3.81. The van der Waals surface area contributed by atoms with Gasteiger partial charge < -0.3 is 9.47 Å². The van der Waals surface area contributed by atoms with Gasteiger partial charge in [0.1, 0.15) is 11.5 Å². The van der Waals surface area contributed by atoms with Crippen LogP contribution in [0.4, 0.5) is 0 Å². The van der Waals surface area contributed by atoms with Gasteiger partial charge in [0.05, 0.1) is 25.8 Å². The number of hydrogen-bond donors (Lipinski definition) is 2. The topological polar surface area (TPSA) is 56.5 Å². The Labute approximate surface area is 124 Å². The zero-order valence-electron chi connectivity index (χ0n) is 10.6. The van der Waals surface area contributed by atoms with Gasteiger partial charge in [-0.2, -0.15) is 0 Å². The maximum atomic E-state index is 5.74. The van der Waals surface area contributed by atoms with Crippen molar-refractivity contribution >= 4 is 27.3 Å². The van der Waals surface area contributed by atoms with Crippen LogP contribution in [0.2, 0.25) is 0 Å². The lowest BCUT2D eigenvalue weighted by Crippen LogP contribution is -2.29. The first-order valence-corrected chi connectivity index (χ1v) is 7.30. The highest BCUT2D eigenvalue weighted by molar-refractivity contribution is 9.10. The first kappa shape index (κ1) is 14.3. The van der Waals surface area contributed by atoms with Crippen molar-refractivity contribution in [3.8, 4) is 11.5 Å². The Hall–Kier alpha value is -1.08. The van der Waals surface area contributed by atoms with E-state index in [0.717, 1.165) is 26.4 Å². The number of rotatable bonds is 5. The van der Waals surface area contributed by atoms with E-state index < -0.39 is 0 Å². The highest BCUT2D eigenvalue weighted by atomic mass is 79.9. The van der Waals surface area contributed by atoms with Gasteiger partial charge in [-0.05, 0) is 39.5 Å². The Bertz CT molecular complexity index is 537. The Morgan fingerprint density at radius 1 is 1.21 bits per heavy atom. The average Bonchev–Trinajstić information content (AvgIpc) is 2.86. The van der Waals surface area contributed by atoms with Gasteiger partial charge in [-0.1, -0.05) is 6.07 Å². The quantitative estimate of drug-likeness (QED) is 0.647. The standard InChI is InChI=1S/C13H15BrN2O2S/c1-17-9-4-3-5-10(18-2)11(9)12(16-15)13-8(14)6-7-19-13/h3-7,12,16H,15H2,1-2H3. The summed E-state index contributed by atoms with van der Waals surface area (Å²) < 4.78 is 11.9. The van der Waals surface area contributed by atoms with Crippen molar-refractivity contribution in [2.24, 2.45) is 5.84 Å². The maximum Gasteiger partial charge on any atom is 0.127 e. The van der Waals surface area contributed by atoms with Gasteiger partial charge in [0.15, 0.2) is 0 Å². The fraction of sp³-hybridized carbons (Fsp3) is 0.231. The summed E-state index contributed by atoms with van der Waals surface area (Å²) in [4.78, 5) is 1.07. The highest BCUT2D eigenvalue weighted by Gasteiger charge is 2.24. The lowest BCUT2D eigenvalue weighted by Gasteiger charge is -2.21. The molecule has 19 heavy (non-hydrogen) atoms. The van der Waals surface area contributed by atoms with Crippen LogP contribution in [0.3, 0.4) is 0 Å². The number of methoxy groups -OCH3 is 2. The number of halogens is 1. The number of nitrogens with two attached hydrogens (primary N) is 1. The van der Waals surface area contributed by atoms with Gasteiger partial charge >= 0.3 is 0 Å². The molecule has 0 bridgehead atoms. The van der Waals surface area contributed by atoms with Crippen LogP contribution in [0, 0.1) is 0 Å². The molecule has 1 heterocycles. The summed E-state index contributed by atoms with van der Waals surface area (Å²) in [6.07, 6.45) is 0. The molecular weight excluding hydrogens is 328 g/mol. The van der Waals surface area contributed by atoms with Gasteiger partial charge in [-0.3, -0.25) is 5.84 Å². The Morgan fingerprint density at radius 2 is 1.84 bits per heavy atom. The summed E-state index contributed by atoms with van der Waals surface area (Å²) in [6.45, 7) is 0. The summed E-state index contributed by atoms with van der Waals surface area (Å²) in [5.41, 5.74) is 3.72. The molecule has 2 rings (SSSR count). The molecule has 0 aliphatic heterocycles. The Balaban J connectivity index is 2.57. The largest absolute Gasteiger partial charge is 0.496 e. The molecule has 102 valence electrons. The van der Waals surface area contributed by atoms with E-state index >= 15 is 0 Å². The van der Waals surface area contributed by atoms with E-state index in [-0.39, 0.29) is 6.04 Å². The number of hydrogen-bond acceptors (Lipinski definition) is 5. The minimum Gasteiger partial charge on any atom is -0.496 e. The lowest BCUT2D eigenvalue weighted by molar-refractivity contribution is 0.377. The number of ether oxygens (including phenoxy) is 2. The van der Waals surface area contributed by atoms with Crippen LogP contribution in [0.15, 0.2) is 34.1 Å². The Kier molecular flexibility index (Phi) is 4.81. The molecule has 0 amide bonds. The first-order chi connectivity index (χ1) is 9.22. The second-order valence-corrected chi connectivity index (χ2v) is 5.61. The summed E-state index contributed by atoms with van der Waals surface area (Å²) in [5, 5.41) is 2.01. The summed E-state index contributed by atoms with van der Waals surface area (Å²) in [7, 11) is 3.27. The Morgan fingerprint density at radius 3 is 2.26 bits per heavy atom. The van der Waals surface area contributed by atoms with E-state index in [2.05, 4.69) is 21.4 Å². The van der Waals surface area contributed by atoms with Crippen molar-refractivity contribution in [3.05, 3.63) is 44.6 Å². The number of benzene rings is 1. The minimum atomic E-state index is -0.194. The van der Waals surface area contributed by atoms with Crippen LogP contribution >= 0.6 is 27.3 Å². The molecule has 2 aromatic rings. The number of nitrogens with one attached hydrogen (secondary N) is 1. The van der Waals surface area contributed by atoms with Gasteiger partial charge in [-0.25, -0.2) is 5.43 Å². The van der Waals surface area contributed by atoms with E-state index in [1.54, 1.807) is 25.6 Å². The third-order valence-electron chi connectivity index (χ3n) is 2.83. The first-order valence-electron chi connectivity index (χ1n) is 5.62. The van der Waals surface area contributed by atoms with E-state index in [4.69, 9.17) is 15.3 Å². The van der Waals surface area contributed by atoms with Crippen LogP contribution in [-0.4, -0.2) is 14.2 Å². The molecule has 0 fully saturated rings. The van der Waals surface area contributed by atoms with Gasteiger partial charge in [0.2, 0.25) is 0 Å². The van der Waals surface area contributed by atoms with E-state index in [1.165, 1.54) is 0 Å². The normalized spacial score (nSPS) is 12.2. The van der Waals surface area contributed by atoms with Crippen molar-refractivity contribution in [3.63, 3.8) is 0 Å². The molecule has 4 nitrogen and oxygen atoms in total. The van der Waals surface area contributed by atoms with E-state index in [0.29, 0.717) is 0 Å². The molecule has 1 unspecified atom stereocenters. The molecule has 1 atom stereocenters. The summed E-state index contributed by atoms with van der Waals surface area (Å²) in [6, 6.07) is 7.47. The molecule has 0 aliphatic rings. The number of thiophene rings is 1. The fourth-order valence-electron chi connectivity index (χ4n) is 1.97. The molecule has 1 aromatic heterocycles. The van der Waals surface area contributed by atoms with Crippen LogP contribution in [0.1, 0.15) is 16.5 Å². The van der Waals surface area contributed by atoms with Crippen LogP contribution in [0.25, 0.3) is 0 Å². The minimum absolute atomic E-state index is 0.194. The molecular formula is C13H15BrN2O2S. The van der Waals surface area contributed by atoms with Crippen LogP contribution in [0.5, 0.6) is 11.5 Å². The summed E-state index contributed by atoms with van der Waals surface area (Å²) >= 11 is 5.15. The smallest absolute Gasteiger partial charge is 0.127 e. The van der Waals surface area contributed by atoms with E-state index in [9.17, 15) is 0 Å². The average molecular weight is 343 g/mol.